The van der Waals surface area contributed by atoms with Crippen LogP contribution in [0.3, 0.4) is 0 Å². The van der Waals surface area contributed by atoms with Gasteiger partial charge in [0.1, 0.15) is 6.04 Å². The van der Waals surface area contributed by atoms with E-state index in [0.717, 1.165) is 0 Å². The van der Waals surface area contributed by atoms with Crippen molar-refractivity contribution >= 4 is 35.5 Å². The molecule has 0 saturated carbocycles. The Balaban J connectivity index is 0. The quantitative estimate of drug-likeness (QED) is 0.363. The van der Waals surface area contributed by atoms with Crippen molar-refractivity contribution in [2.24, 2.45) is 5.73 Å². The number of carboxylic acid groups (broad SMARTS) is 1. The van der Waals surface area contributed by atoms with E-state index in [9.17, 15) is 4.79 Å². The van der Waals surface area contributed by atoms with Crippen LogP contribution in [0.25, 0.3) is 0 Å². The van der Waals surface area contributed by atoms with Gasteiger partial charge in [-0.25, -0.2) is 0 Å². The van der Waals surface area contributed by atoms with E-state index in [1.54, 1.807) is 0 Å². The van der Waals surface area contributed by atoms with Crippen LogP contribution in [0.4, 0.5) is 0 Å². The molecule has 5 nitrogen and oxygen atoms in total. The number of rotatable bonds is 5. The van der Waals surface area contributed by atoms with E-state index in [2.05, 4.69) is 5.32 Å². The molecule has 5 N–H and O–H groups in total. The van der Waals surface area contributed by atoms with Crippen LogP contribution in [0.15, 0.2) is 0 Å². The fraction of sp³-hybridized carbons (Fsp3) is 0.833. The Morgan fingerprint density at radius 1 is 1.67 bits per heavy atom. The molecule has 0 heterocycles. The number of aliphatic hydroxyl groups is 1. The Morgan fingerprint density at radius 2 is 2.17 bits per heavy atom. The molecule has 6 heteroatoms. The van der Waals surface area contributed by atoms with Crippen molar-refractivity contribution in [3.63, 3.8) is 0 Å². The topological polar surface area (TPSA) is 95.6 Å². The summed E-state index contributed by atoms with van der Waals surface area (Å²) in [5, 5.41) is 20.0. The van der Waals surface area contributed by atoms with Gasteiger partial charge in [0.15, 0.2) is 0 Å². The number of nitrogens with one attached hydrogen (secondary N) is 1. The van der Waals surface area contributed by atoms with Crippen molar-refractivity contribution in [1.82, 2.24) is 5.32 Å². The molecular formula is C6H15N2NaO3. The fourth-order valence-electron chi connectivity index (χ4n) is 0.703. The Kier molecular flexibility index (Phi) is 9.87. The zero-order valence-corrected chi connectivity index (χ0v) is 6.45. The zero-order valence-electron chi connectivity index (χ0n) is 6.45. The molecule has 0 aromatic rings. The molecule has 0 fully saturated rings. The van der Waals surface area contributed by atoms with Crippen LogP contribution in [0.5, 0.6) is 0 Å². The second kappa shape index (κ2) is 7.97. The van der Waals surface area contributed by atoms with E-state index >= 15 is 0 Å². The van der Waals surface area contributed by atoms with E-state index in [1.807, 2.05) is 0 Å². The maximum absolute atomic E-state index is 10.4. The molecule has 0 spiro atoms. The predicted molar refractivity (Wildman–Crippen MR) is 47.3 cm³/mol. The van der Waals surface area contributed by atoms with Gasteiger partial charge in [-0.15, -0.1) is 0 Å². The molecule has 0 radical (unpaired) electrons. The van der Waals surface area contributed by atoms with Gasteiger partial charge in [-0.1, -0.05) is 0 Å². The van der Waals surface area contributed by atoms with Gasteiger partial charge >= 0.3 is 35.5 Å². The third kappa shape index (κ3) is 5.93. The fourth-order valence-corrected chi connectivity index (χ4v) is 0.703. The summed E-state index contributed by atoms with van der Waals surface area (Å²) < 4.78 is 0. The van der Waals surface area contributed by atoms with Gasteiger partial charge in [0.25, 0.3) is 0 Å². The van der Waals surface area contributed by atoms with Crippen LogP contribution < -0.4 is 11.1 Å². The van der Waals surface area contributed by atoms with E-state index in [4.69, 9.17) is 15.9 Å². The van der Waals surface area contributed by atoms with E-state index in [1.165, 1.54) is 6.92 Å². The molecule has 0 bridgehead atoms. The number of hydrogen-bond acceptors (Lipinski definition) is 4. The molecule has 0 saturated heterocycles. The first-order valence-corrected chi connectivity index (χ1v) is 3.44. The van der Waals surface area contributed by atoms with Crippen LogP contribution in [-0.2, 0) is 4.79 Å². The van der Waals surface area contributed by atoms with E-state index in [0.29, 0.717) is 13.1 Å². The first-order valence-electron chi connectivity index (χ1n) is 3.44. The summed E-state index contributed by atoms with van der Waals surface area (Å²) in [5.41, 5.74) is 5.14. The number of aliphatic hydroxyl groups excluding tert-OH is 1. The minimum absolute atomic E-state index is 0. The molecule has 0 aromatic heterocycles. The summed E-state index contributed by atoms with van der Waals surface area (Å²) in [7, 11) is 0. The van der Waals surface area contributed by atoms with Crippen molar-refractivity contribution in [2.45, 2.75) is 19.1 Å². The molecule has 68 valence electrons. The van der Waals surface area contributed by atoms with Crippen LogP contribution in [0, 0.1) is 0 Å². The Labute approximate surface area is 93.6 Å². The molecule has 2 unspecified atom stereocenters. The number of carbonyl (C=O) groups is 1. The van der Waals surface area contributed by atoms with Crippen molar-refractivity contribution in [3.05, 3.63) is 0 Å². The molecule has 0 aliphatic carbocycles. The number of nitrogens with two attached hydrogens (primary N) is 1. The van der Waals surface area contributed by atoms with Gasteiger partial charge in [0.05, 0.1) is 6.10 Å². The number of carboxylic acids is 1. The summed E-state index contributed by atoms with van der Waals surface area (Å²) in [6.45, 7) is 2.17. The standard InChI is InChI=1S/C6H14N2O3.Na.H/c1-4(9)5(6(10)11)8-3-2-7;;/h4-5,8-9H,2-3,7H2,1H3,(H,10,11);;. The van der Waals surface area contributed by atoms with Gasteiger partial charge in [-0.2, -0.15) is 0 Å². The second-order valence-corrected chi connectivity index (χ2v) is 2.30. The third-order valence-corrected chi connectivity index (χ3v) is 1.26. The number of aliphatic carboxylic acids is 1. The van der Waals surface area contributed by atoms with E-state index < -0.39 is 18.1 Å². The molecule has 0 rings (SSSR count). The molecule has 0 amide bonds. The molecule has 0 aliphatic heterocycles. The maximum atomic E-state index is 10.4. The summed E-state index contributed by atoms with van der Waals surface area (Å²) in [4.78, 5) is 10.4. The third-order valence-electron chi connectivity index (χ3n) is 1.26. The van der Waals surface area contributed by atoms with Gasteiger partial charge in [0, 0.05) is 13.1 Å². The molecule has 2 atom stereocenters. The zero-order chi connectivity index (χ0) is 8.85. The van der Waals surface area contributed by atoms with Crippen LogP contribution in [0.1, 0.15) is 6.92 Å². The van der Waals surface area contributed by atoms with Gasteiger partial charge in [0.2, 0.25) is 0 Å². The van der Waals surface area contributed by atoms with Crippen molar-refractivity contribution in [1.29, 1.82) is 0 Å². The van der Waals surface area contributed by atoms with Crippen molar-refractivity contribution < 1.29 is 15.0 Å². The molecule has 12 heavy (non-hydrogen) atoms. The molecule has 0 aromatic carbocycles. The normalized spacial score (nSPS) is 14.6. The summed E-state index contributed by atoms with van der Waals surface area (Å²) in [6, 6.07) is -0.918. The van der Waals surface area contributed by atoms with Crippen molar-refractivity contribution in [3.8, 4) is 0 Å². The first-order chi connectivity index (χ1) is 5.09. The van der Waals surface area contributed by atoms with Crippen molar-refractivity contribution in [2.75, 3.05) is 13.1 Å². The Hall–Kier alpha value is 0.350. The second-order valence-electron chi connectivity index (χ2n) is 2.30. The minimum atomic E-state index is -1.06. The average molecular weight is 186 g/mol. The Morgan fingerprint density at radius 3 is 2.42 bits per heavy atom. The molecule has 0 aliphatic rings. The predicted octanol–water partition coefficient (Wildman–Crippen LogP) is -2.28. The average Bonchev–Trinajstić information content (AvgIpc) is 1.87. The Bertz CT molecular complexity index is 132. The van der Waals surface area contributed by atoms with E-state index in [-0.39, 0.29) is 29.6 Å². The monoisotopic (exact) mass is 186 g/mol. The summed E-state index contributed by atoms with van der Waals surface area (Å²) >= 11 is 0. The van der Waals surface area contributed by atoms with Crippen LogP contribution in [-0.4, -0.2) is 71.0 Å². The van der Waals surface area contributed by atoms with Crippen LogP contribution >= 0.6 is 0 Å². The van der Waals surface area contributed by atoms with Gasteiger partial charge < -0.3 is 21.3 Å². The number of hydrogen-bond donors (Lipinski definition) is 4. The first kappa shape index (κ1) is 14.9. The SMILES string of the molecule is CC(O)C(NCCN)C(=O)O.[NaH]. The van der Waals surface area contributed by atoms with Crippen LogP contribution in [0.2, 0.25) is 0 Å². The summed E-state index contributed by atoms with van der Waals surface area (Å²) in [6.07, 6.45) is -0.904. The van der Waals surface area contributed by atoms with Gasteiger partial charge in [-0.05, 0) is 6.92 Å². The van der Waals surface area contributed by atoms with Gasteiger partial charge in [-0.3, -0.25) is 4.79 Å². The molecular weight excluding hydrogens is 171 g/mol. The summed E-state index contributed by atoms with van der Waals surface area (Å²) in [5.74, 6) is -1.06.